The van der Waals surface area contributed by atoms with Gasteiger partial charge >= 0.3 is 0 Å². The maximum Gasteiger partial charge on any atom is 0.147 e. The molecule has 0 saturated heterocycles. The molecule has 1 N–H and O–H groups in total. The number of sulfone groups is 1. The number of rotatable bonds is 6. The largest absolute Gasteiger partial charge is 0.468 e. The summed E-state index contributed by atoms with van der Waals surface area (Å²) in [4.78, 5) is 0. The quantitative estimate of drug-likeness (QED) is 0.803. The van der Waals surface area contributed by atoms with Crippen LogP contribution in [0.1, 0.15) is 24.6 Å². The minimum absolute atomic E-state index is 0.0988. The van der Waals surface area contributed by atoms with Crippen LogP contribution in [0.25, 0.3) is 0 Å². The van der Waals surface area contributed by atoms with Crippen molar-refractivity contribution in [3.63, 3.8) is 0 Å². The van der Waals surface area contributed by atoms with E-state index in [0.29, 0.717) is 6.42 Å². The highest BCUT2D eigenvalue weighted by Gasteiger charge is 2.12. The monoisotopic (exact) mass is 231 g/mol. The molecule has 0 aliphatic heterocycles. The van der Waals surface area contributed by atoms with Crippen LogP contribution in [0.4, 0.5) is 0 Å². The molecule has 0 saturated carbocycles. The Morgan fingerprint density at radius 2 is 2.27 bits per heavy atom. The van der Waals surface area contributed by atoms with E-state index in [0.717, 1.165) is 12.2 Å². The van der Waals surface area contributed by atoms with Gasteiger partial charge in [0.2, 0.25) is 0 Å². The Hall–Kier alpha value is -0.810. The SMILES string of the molecule is CNC(CCCS(C)(=O)=O)c1ccco1. The van der Waals surface area contributed by atoms with Crippen molar-refractivity contribution in [2.24, 2.45) is 0 Å². The van der Waals surface area contributed by atoms with Crippen LogP contribution in [-0.4, -0.2) is 27.5 Å². The molecule has 1 aromatic rings. The van der Waals surface area contributed by atoms with E-state index in [1.807, 2.05) is 19.2 Å². The molecule has 1 unspecified atom stereocenters. The van der Waals surface area contributed by atoms with Gasteiger partial charge in [-0.1, -0.05) is 0 Å². The molecule has 0 aliphatic carbocycles. The van der Waals surface area contributed by atoms with Crippen molar-refractivity contribution in [1.82, 2.24) is 5.32 Å². The first-order chi connectivity index (χ1) is 7.03. The Morgan fingerprint density at radius 3 is 2.73 bits per heavy atom. The summed E-state index contributed by atoms with van der Waals surface area (Å²) in [6.07, 6.45) is 4.28. The van der Waals surface area contributed by atoms with E-state index < -0.39 is 9.84 Å². The minimum Gasteiger partial charge on any atom is -0.468 e. The van der Waals surface area contributed by atoms with Gasteiger partial charge in [-0.3, -0.25) is 0 Å². The smallest absolute Gasteiger partial charge is 0.147 e. The van der Waals surface area contributed by atoms with Crippen LogP contribution in [0.5, 0.6) is 0 Å². The van der Waals surface area contributed by atoms with Crippen molar-refractivity contribution in [3.8, 4) is 0 Å². The van der Waals surface area contributed by atoms with Crippen molar-refractivity contribution in [3.05, 3.63) is 24.2 Å². The molecular weight excluding hydrogens is 214 g/mol. The van der Waals surface area contributed by atoms with Gasteiger partial charge in [0.15, 0.2) is 0 Å². The Morgan fingerprint density at radius 1 is 1.53 bits per heavy atom. The third-order valence-electron chi connectivity index (χ3n) is 2.24. The van der Waals surface area contributed by atoms with E-state index in [4.69, 9.17) is 4.42 Å². The average Bonchev–Trinajstić information content (AvgIpc) is 2.63. The van der Waals surface area contributed by atoms with Crippen LogP contribution in [0, 0.1) is 0 Å². The lowest BCUT2D eigenvalue weighted by molar-refractivity contribution is 0.412. The van der Waals surface area contributed by atoms with Gasteiger partial charge in [0.05, 0.1) is 12.3 Å². The fraction of sp³-hybridized carbons (Fsp3) is 0.600. The second kappa shape index (κ2) is 5.32. The van der Waals surface area contributed by atoms with E-state index >= 15 is 0 Å². The predicted octanol–water partition coefficient (Wildman–Crippen LogP) is 1.36. The zero-order valence-electron chi connectivity index (χ0n) is 9.06. The molecule has 0 bridgehead atoms. The Bertz CT molecular complexity index is 369. The van der Waals surface area contributed by atoms with Crippen LogP contribution in [0.15, 0.2) is 22.8 Å². The lowest BCUT2D eigenvalue weighted by Gasteiger charge is -2.12. The summed E-state index contributed by atoms with van der Waals surface area (Å²) in [5, 5.41) is 3.10. The zero-order chi connectivity index (χ0) is 11.3. The molecule has 1 aromatic heterocycles. The fourth-order valence-electron chi connectivity index (χ4n) is 1.47. The second-order valence-corrected chi connectivity index (χ2v) is 5.89. The molecule has 15 heavy (non-hydrogen) atoms. The van der Waals surface area contributed by atoms with E-state index in [9.17, 15) is 8.42 Å². The minimum atomic E-state index is -2.86. The molecule has 1 rings (SSSR count). The summed E-state index contributed by atoms with van der Waals surface area (Å²) in [6.45, 7) is 0. The van der Waals surface area contributed by atoms with Crippen molar-refractivity contribution < 1.29 is 12.8 Å². The maximum absolute atomic E-state index is 10.9. The highest BCUT2D eigenvalue weighted by atomic mass is 32.2. The Kier molecular flexibility index (Phi) is 4.35. The van der Waals surface area contributed by atoms with Gasteiger partial charge in [-0.15, -0.1) is 0 Å². The van der Waals surface area contributed by atoms with E-state index in [-0.39, 0.29) is 11.8 Å². The normalized spacial score (nSPS) is 14.0. The molecule has 0 fully saturated rings. The maximum atomic E-state index is 10.9. The first-order valence-electron chi connectivity index (χ1n) is 4.91. The standard InChI is InChI=1S/C10H17NO3S/c1-11-9(10-6-3-7-14-10)5-4-8-15(2,12)13/h3,6-7,9,11H,4-5,8H2,1-2H3. The molecule has 86 valence electrons. The van der Waals surface area contributed by atoms with Gasteiger partial charge in [-0.25, -0.2) is 8.42 Å². The lowest BCUT2D eigenvalue weighted by atomic mass is 10.1. The van der Waals surface area contributed by atoms with E-state index in [1.54, 1.807) is 6.26 Å². The van der Waals surface area contributed by atoms with Gasteiger partial charge < -0.3 is 9.73 Å². The van der Waals surface area contributed by atoms with Crippen LogP contribution in [0.3, 0.4) is 0 Å². The number of furan rings is 1. The molecule has 0 radical (unpaired) electrons. The molecule has 0 aromatic carbocycles. The molecule has 1 heterocycles. The third kappa shape index (κ3) is 4.48. The first kappa shape index (κ1) is 12.3. The highest BCUT2D eigenvalue weighted by Crippen LogP contribution is 2.18. The van der Waals surface area contributed by atoms with Crippen molar-refractivity contribution in [2.45, 2.75) is 18.9 Å². The summed E-state index contributed by atoms with van der Waals surface area (Å²) >= 11 is 0. The summed E-state index contributed by atoms with van der Waals surface area (Å²) in [5.74, 6) is 1.08. The number of hydrogen-bond donors (Lipinski definition) is 1. The Labute approximate surface area is 90.6 Å². The van der Waals surface area contributed by atoms with Gasteiger partial charge in [-0.2, -0.15) is 0 Å². The molecule has 0 amide bonds. The average molecular weight is 231 g/mol. The van der Waals surface area contributed by atoms with Crippen LogP contribution < -0.4 is 5.32 Å². The van der Waals surface area contributed by atoms with E-state index in [1.165, 1.54) is 6.26 Å². The third-order valence-corrected chi connectivity index (χ3v) is 3.27. The molecule has 0 aliphatic rings. The lowest BCUT2D eigenvalue weighted by Crippen LogP contribution is -2.17. The molecule has 0 spiro atoms. The topological polar surface area (TPSA) is 59.3 Å². The first-order valence-corrected chi connectivity index (χ1v) is 6.97. The van der Waals surface area contributed by atoms with Gasteiger partial charge in [-0.05, 0) is 32.0 Å². The van der Waals surface area contributed by atoms with Crippen LogP contribution in [-0.2, 0) is 9.84 Å². The van der Waals surface area contributed by atoms with Crippen LogP contribution in [0.2, 0.25) is 0 Å². The molecular formula is C10H17NO3S. The summed E-state index contributed by atoms with van der Waals surface area (Å²) in [5.41, 5.74) is 0. The second-order valence-electron chi connectivity index (χ2n) is 3.63. The molecule has 5 heteroatoms. The van der Waals surface area contributed by atoms with Gasteiger partial charge in [0.1, 0.15) is 15.6 Å². The Balaban J connectivity index is 2.42. The van der Waals surface area contributed by atoms with Gasteiger partial charge in [0, 0.05) is 12.0 Å². The zero-order valence-corrected chi connectivity index (χ0v) is 9.88. The van der Waals surface area contributed by atoms with Crippen molar-refractivity contribution in [1.29, 1.82) is 0 Å². The summed E-state index contributed by atoms with van der Waals surface area (Å²) < 4.78 is 27.1. The van der Waals surface area contributed by atoms with Crippen molar-refractivity contribution >= 4 is 9.84 Å². The molecule has 1 atom stereocenters. The van der Waals surface area contributed by atoms with Gasteiger partial charge in [0.25, 0.3) is 0 Å². The van der Waals surface area contributed by atoms with Crippen LogP contribution >= 0.6 is 0 Å². The molecule has 4 nitrogen and oxygen atoms in total. The van der Waals surface area contributed by atoms with E-state index in [2.05, 4.69) is 5.32 Å². The highest BCUT2D eigenvalue weighted by molar-refractivity contribution is 7.90. The summed E-state index contributed by atoms with van der Waals surface area (Å²) in [6, 6.07) is 3.82. The predicted molar refractivity (Wildman–Crippen MR) is 59.5 cm³/mol. The fourth-order valence-corrected chi connectivity index (χ4v) is 2.16. The number of nitrogens with one attached hydrogen (secondary N) is 1. The number of hydrogen-bond acceptors (Lipinski definition) is 4. The summed E-state index contributed by atoms with van der Waals surface area (Å²) in [7, 11) is -1.01. The van der Waals surface area contributed by atoms with Crippen molar-refractivity contribution in [2.75, 3.05) is 19.1 Å².